The summed E-state index contributed by atoms with van der Waals surface area (Å²) in [6.07, 6.45) is 4.45. The second kappa shape index (κ2) is 4.11. The van der Waals surface area contributed by atoms with E-state index in [1.165, 1.54) is 47.9 Å². The summed E-state index contributed by atoms with van der Waals surface area (Å²) in [6, 6.07) is 0. The summed E-state index contributed by atoms with van der Waals surface area (Å²) >= 11 is 1.88. The molecule has 2 nitrogen and oxygen atoms in total. The molecule has 2 atom stereocenters. The molecule has 0 N–H and O–H groups in total. The Morgan fingerprint density at radius 1 is 1.25 bits per heavy atom. The molecule has 1 aliphatic carbocycles. The molecule has 0 spiro atoms. The van der Waals surface area contributed by atoms with Crippen molar-refractivity contribution >= 4 is 11.3 Å². The van der Waals surface area contributed by atoms with Gasteiger partial charge in [0.15, 0.2) is 0 Å². The summed E-state index contributed by atoms with van der Waals surface area (Å²) in [4.78, 5) is 8.67. The molecular weight excluding hydrogens is 216 g/mol. The van der Waals surface area contributed by atoms with Gasteiger partial charge in [0.05, 0.1) is 10.7 Å². The number of thiazole rings is 1. The number of aryl methyl sites for hydroxylation is 2. The van der Waals surface area contributed by atoms with Crippen molar-refractivity contribution in [3.8, 4) is 0 Å². The SMILES string of the molecule is Cc1nc(C)c(CN2C[C@@H]3CC[C@@H](C3)C2)s1. The Morgan fingerprint density at radius 3 is 2.50 bits per heavy atom. The molecule has 2 fully saturated rings. The van der Waals surface area contributed by atoms with Gasteiger partial charge in [-0.2, -0.15) is 0 Å². The van der Waals surface area contributed by atoms with E-state index in [-0.39, 0.29) is 0 Å². The average molecular weight is 236 g/mol. The van der Waals surface area contributed by atoms with Gasteiger partial charge in [-0.05, 0) is 44.9 Å². The summed E-state index contributed by atoms with van der Waals surface area (Å²) < 4.78 is 0. The molecule has 1 aromatic rings. The molecule has 16 heavy (non-hydrogen) atoms. The van der Waals surface area contributed by atoms with Crippen LogP contribution < -0.4 is 0 Å². The van der Waals surface area contributed by atoms with Crippen molar-refractivity contribution in [2.45, 2.75) is 39.7 Å². The number of aromatic nitrogens is 1. The predicted octanol–water partition coefficient (Wildman–Crippen LogP) is 2.99. The first-order valence-electron chi connectivity index (χ1n) is 6.36. The summed E-state index contributed by atoms with van der Waals surface area (Å²) in [6.45, 7) is 8.06. The summed E-state index contributed by atoms with van der Waals surface area (Å²) in [5.74, 6) is 1.99. The van der Waals surface area contributed by atoms with Gasteiger partial charge >= 0.3 is 0 Å². The van der Waals surface area contributed by atoms with E-state index in [2.05, 4.69) is 23.7 Å². The quantitative estimate of drug-likeness (QED) is 0.785. The summed E-state index contributed by atoms with van der Waals surface area (Å²) in [5, 5.41) is 1.22. The third-order valence-electron chi connectivity index (χ3n) is 4.05. The Hall–Kier alpha value is -0.410. The standard InChI is InChI=1S/C13H20N2S/c1-9-13(16-10(2)14-9)8-15-6-11-3-4-12(5-11)7-15/h11-12H,3-8H2,1-2H3/t11-,12+. The average Bonchev–Trinajstić information content (AvgIpc) is 2.71. The van der Waals surface area contributed by atoms with Gasteiger partial charge < -0.3 is 0 Å². The maximum atomic E-state index is 4.52. The lowest BCUT2D eigenvalue weighted by Gasteiger charge is -2.31. The van der Waals surface area contributed by atoms with Gasteiger partial charge in [-0.1, -0.05) is 0 Å². The highest BCUT2D eigenvalue weighted by Crippen LogP contribution is 2.37. The minimum Gasteiger partial charge on any atom is -0.298 e. The molecule has 3 rings (SSSR count). The van der Waals surface area contributed by atoms with Crippen LogP contribution in [-0.2, 0) is 6.54 Å². The van der Waals surface area contributed by atoms with E-state index < -0.39 is 0 Å². The fourth-order valence-electron chi connectivity index (χ4n) is 3.37. The highest BCUT2D eigenvalue weighted by Gasteiger charge is 2.32. The normalized spacial score (nSPS) is 29.9. The number of hydrogen-bond acceptors (Lipinski definition) is 3. The van der Waals surface area contributed by atoms with Crippen molar-refractivity contribution in [1.29, 1.82) is 0 Å². The molecule has 3 heteroatoms. The van der Waals surface area contributed by atoms with Crippen molar-refractivity contribution in [2.24, 2.45) is 11.8 Å². The van der Waals surface area contributed by atoms with E-state index in [0.29, 0.717) is 0 Å². The maximum Gasteiger partial charge on any atom is 0.0900 e. The van der Waals surface area contributed by atoms with Crippen LogP contribution in [0.5, 0.6) is 0 Å². The van der Waals surface area contributed by atoms with E-state index >= 15 is 0 Å². The molecule has 1 aliphatic heterocycles. The summed E-state index contributed by atoms with van der Waals surface area (Å²) in [5.41, 5.74) is 1.25. The smallest absolute Gasteiger partial charge is 0.0900 e. The molecule has 2 heterocycles. The second-order valence-electron chi connectivity index (χ2n) is 5.48. The lowest BCUT2D eigenvalue weighted by Crippen LogP contribution is -2.35. The topological polar surface area (TPSA) is 16.1 Å². The molecule has 1 aromatic heterocycles. The lowest BCUT2D eigenvalue weighted by atomic mass is 9.99. The fourth-order valence-corrected chi connectivity index (χ4v) is 4.35. The van der Waals surface area contributed by atoms with Crippen molar-refractivity contribution in [2.75, 3.05) is 13.1 Å². The van der Waals surface area contributed by atoms with Crippen molar-refractivity contribution in [3.63, 3.8) is 0 Å². The van der Waals surface area contributed by atoms with Crippen LogP contribution in [0.1, 0.15) is 34.8 Å². The monoisotopic (exact) mass is 236 g/mol. The Labute approximate surface area is 102 Å². The third-order valence-corrected chi connectivity index (χ3v) is 5.11. The molecule has 2 aliphatic rings. The van der Waals surface area contributed by atoms with E-state index in [4.69, 9.17) is 0 Å². The third kappa shape index (κ3) is 2.03. The minimum atomic E-state index is 0.994. The first kappa shape index (κ1) is 10.7. The van der Waals surface area contributed by atoms with Crippen LogP contribution in [0.25, 0.3) is 0 Å². The van der Waals surface area contributed by atoms with Crippen LogP contribution in [-0.4, -0.2) is 23.0 Å². The van der Waals surface area contributed by atoms with Gasteiger partial charge in [-0.25, -0.2) is 4.98 Å². The highest BCUT2D eigenvalue weighted by atomic mass is 32.1. The zero-order chi connectivity index (χ0) is 11.1. The molecule has 1 saturated carbocycles. The van der Waals surface area contributed by atoms with Crippen LogP contribution in [0.2, 0.25) is 0 Å². The molecular formula is C13H20N2S. The Bertz CT molecular complexity index is 373. The van der Waals surface area contributed by atoms with Gasteiger partial charge in [-0.15, -0.1) is 11.3 Å². The van der Waals surface area contributed by atoms with Crippen LogP contribution in [0.4, 0.5) is 0 Å². The molecule has 0 radical (unpaired) electrons. The first-order valence-corrected chi connectivity index (χ1v) is 7.17. The number of piperidine rings is 1. The van der Waals surface area contributed by atoms with Crippen LogP contribution in [0.15, 0.2) is 0 Å². The van der Waals surface area contributed by atoms with Gasteiger partial charge in [0.2, 0.25) is 0 Å². The van der Waals surface area contributed by atoms with E-state index in [0.717, 1.165) is 18.4 Å². The number of nitrogens with zero attached hydrogens (tertiary/aromatic N) is 2. The summed E-state index contributed by atoms with van der Waals surface area (Å²) in [7, 11) is 0. The molecule has 0 amide bonds. The number of fused-ring (bicyclic) bond motifs is 2. The molecule has 0 aromatic carbocycles. The molecule has 2 bridgehead atoms. The number of likely N-dealkylation sites (tertiary alicyclic amines) is 1. The van der Waals surface area contributed by atoms with Crippen molar-refractivity contribution in [3.05, 3.63) is 15.6 Å². The van der Waals surface area contributed by atoms with Gasteiger partial charge in [0.25, 0.3) is 0 Å². The number of rotatable bonds is 2. The molecule has 88 valence electrons. The van der Waals surface area contributed by atoms with Crippen molar-refractivity contribution < 1.29 is 0 Å². The first-order chi connectivity index (χ1) is 7.70. The number of hydrogen-bond donors (Lipinski definition) is 0. The molecule has 1 saturated heterocycles. The molecule has 0 unspecified atom stereocenters. The van der Waals surface area contributed by atoms with E-state index in [9.17, 15) is 0 Å². The van der Waals surface area contributed by atoms with Gasteiger partial charge in [0, 0.05) is 24.5 Å². The van der Waals surface area contributed by atoms with Gasteiger partial charge in [-0.3, -0.25) is 4.90 Å². The lowest BCUT2D eigenvalue weighted by molar-refractivity contribution is 0.162. The van der Waals surface area contributed by atoms with Crippen LogP contribution in [0, 0.1) is 25.7 Å². The largest absolute Gasteiger partial charge is 0.298 e. The van der Waals surface area contributed by atoms with E-state index in [1.54, 1.807) is 0 Å². The minimum absolute atomic E-state index is 0.994. The Balaban J connectivity index is 1.69. The highest BCUT2D eigenvalue weighted by molar-refractivity contribution is 7.11. The maximum absolute atomic E-state index is 4.52. The fraction of sp³-hybridized carbons (Fsp3) is 0.769. The second-order valence-corrected chi connectivity index (χ2v) is 6.77. The van der Waals surface area contributed by atoms with Crippen LogP contribution >= 0.6 is 11.3 Å². The van der Waals surface area contributed by atoms with Crippen molar-refractivity contribution in [1.82, 2.24) is 9.88 Å². The zero-order valence-corrected chi connectivity index (χ0v) is 11.0. The van der Waals surface area contributed by atoms with Gasteiger partial charge in [0.1, 0.15) is 0 Å². The zero-order valence-electron chi connectivity index (χ0n) is 10.2. The predicted molar refractivity (Wildman–Crippen MR) is 67.7 cm³/mol. The van der Waals surface area contributed by atoms with Crippen LogP contribution in [0.3, 0.4) is 0 Å². The Morgan fingerprint density at radius 2 is 1.94 bits per heavy atom. The Kier molecular flexibility index (Phi) is 2.76. The van der Waals surface area contributed by atoms with E-state index in [1.807, 2.05) is 11.3 Å².